The summed E-state index contributed by atoms with van der Waals surface area (Å²) in [5, 5.41) is 0. The minimum Gasteiger partial charge on any atom is -0.293 e. The Morgan fingerprint density at radius 1 is 1.50 bits per heavy atom. The number of carbonyl (C=O) groups is 1. The lowest BCUT2D eigenvalue weighted by Crippen LogP contribution is -1.94. The minimum atomic E-state index is 0.217. The second kappa shape index (κ2) is 4.97. The first-order valence-electron chi connectivity index (χ1n) is 4.65. The van der Waals surface area contributed by atoms with Crippen LogP contribution in [0.15, 0.2) is 6.07 Å². The number of carbonyl (C=O) groups excluding carboxylic acids is 1. The first-order valence-corrected chi connectivity index (χ1v) is 5.46. The molecular formula is C12H14OS. The number of rotatable bonds is 3. The highest BCUT2D eigenvalue weighted by Gasteiger charge is 2.09. The van der Waals surface area contributed by atoms with Crippen molar-refractivity contribution in [3.05, 3.63) is 21.4 Å². The van der Waals surface area contributed by atoms with E-state index in [0.29, 0.717) is 12.8 Å². The van der Waals surface area contributed by atoms with E-state index in [2.05, 4.69) is 11.8 Å². The van der Waals surface area contributed by atoms with Crippen molar-refractivity contribution in [2.24, 2.45) is 0 Å². The molecule has 1 rings (SSSR count). The van der Waals surface area contributed by atoms with Crippen LogP contribution in [0.4, 0.5) is 0 Å². The van der Waals surface area contributed by atoms with Crippen molar-refractivity contribution >= 4 is 17.1 Å². The maximum Gasteiger partial charge on any atom is 0.173 e. The molecule has 0 N–H and O–H groups in total. The lowest BCUT2D eigenvalue weighted by Gasteiger charge is -1.91. The van der Waals surface area contributed by atoms with Gasteiger partial charge in [0, 0.05) is 17.7 Å². The number of aryl methyl sites for hydroxylation is 2. The van der Waals surface area contributed by atoms with E-state index in [1.807, 2.05) is 19.9 Å². The number of thiophene rings is 1. The molecule has 0 aromatic carbocycles. The summed E-state index contributed by atoms with van der Waals surface area (Å²) in [7, 11) is 0. The smallest absolute Gasteiger partial charge is 0.173 e. The molecule has 0 aliphatic carbocycles. The van der Waals surface area contributed by atoms with Gasteiger partial charge in [-0.25, -0.2) is 0 Å². The Morgan fingerprint density at radius 3 is 2.71 bits per heavy atom. The Kier molecular flexibility index (Phi) is 3.91. The zero-order valence-electron chi connectivity index (χ0n) is 8.81. The van der Waals surface area contributed by atoms with Crippen LogP contribution in [0.1, 0.15) is 39.9 Å². The molecule has 0 bridgehead atoms. The summed E-state index contributed by atoms with van der Waals surface area (Å²) in [6.45, 7) is 5.88. The van der Waals surface area contributed by atoms with Gasteiger partial charge in [0.05, 0.1) is 4.88 Å². The van der Waals surface area contributed by atoms with Crippen molar-refractivity contribution in [1.29, 1.82) is 0 Å². The van der Waals surface area contributed by atoms with Crippen molar-refractivity contribution in [1.82, 2.24) is 0 Å². The Bertz CT molecular complexity index is 371. The average Bonchev–Trinajstić information content (AvgIpc) is 2.47. The minimum absolute atomic E-state index is 0.217. The third-order valence-corrected chi connectivity index (χ3v) is 3.29. The number of hydrogen-bond donors (Lipinski definition) is 0. The van der Waals surface area contributed by atoms with Gasteiger partial charge in [-0.05, 0) is 32.4 Å². The predicted molar refractivity (Wildman–Crippen MR) is 60.8 cm³/mol. The maximum atomic E-state index is 11.6. The van der Waals surface area contributed by atoms with Gasteiger partial charge in [-0.15, -0.1) is 23.2 Å². The van der Waals surface area contributed by atoms with Crippen LogP contribution in [0.25, 0.3) is 0 Å². The van der Waals surface area contributed by atoms with Gasteiger partial charge in [0.25, 0.3) is 0 Å². The van der Waals surface area contributed by atoms with Crippen LogP contribution in [0.3, 0.4) is 0 Å². The standard InChI is InChI=1S/C12H14OS/c1-4-5-6-7-11(13)12-8-9(2)10(3)14-12/h8H,6-7H2,1-3H3. The van der Waals surface area contributed by atoms with Crippen molar-refractivity contribution in [3.8, 4) is 11.8 Å². The average molecular weight is 206 g/mol. The molecule has 0 aliphatic rings. The molecule has 1 heterocycles. The molecule has 0 atom stereocenters. The molecule has 1 aromatic heterocycles. The van der Waals surface area contributed by atoms with Crippen LogP contribution in [-0.4, -0.2) is 5.78 Å². The van der Waals surface area contributed by atoms with Crippen LogP contribution in [0, 0.1) is 25.7 Å². The Morgan fingerprint density at radius 2 is 2.21 bits per heavy atom. The van der Waals surface area contributed by atoms with Crippen LogP contribution in [-0.2, 0) is 0 Å². The van der Waals surface area contributed by atoms with Crippen LogP contribution >= 0.6 is 11.3 Å². The zero-order valence-corrected chi connectivity index (χ0v) is 9.62. The summed E-state index contributed by atoms with van der Waals surface area (Å²) in [4.78, 5) is 13.7. The second-order valence-corrected chi connectivity index (χ2v) is 4.46. The summed E-state index contributed by atoms with van der Waals surface area (Å²) in [5.74, 6) is 5.91. The van der Waals surface area contributed by atoms with Crippen LogP contribution in [0.2, 0.25) is 0 Å². The number of Topliss-reactive ketones (excluding diaryl/α,β-unsaturated/α-hetero) is 1. The van der Waals surface area contributed by atoms with Gasteiger partial charge in [-0.1, -0.05) is 0 Å². The highest BCUT2D eigenvalue weighted by molar-refractivity contribution is 7.14. The summed E-state index contributed by atoms with van der Waals surface area (Å²) in [5.41, 5.74) is 1.21. The van der Waals surface area contributed by atoms with Crippen molar-refractivity contribution in [2.75, 3.05) is 0 Å². The Labute approximate surface area is 89.2 Å². The predicted octanol–water partition coefficient (Wildman–Crippen LogP) is 3.35. The second-order valence-electron chi connectivity index (χ2n) is 3.20. The van der Waals surface area contributed by atoms with Gasteiger partial charge < -0.3 is 0 Å². The van der Waals surface area contributed by atoms with Gasteiger partial charge in [0.15, 0.2) is 5.78 Å². The van der Waals surface area contributed by atoms with Gasteiger partial charge in [-0.3, -0.25) is 4.79 Å². The van der Waals surface area contributed by atoms with E-state index in [4.69, 9.17) is 0 Å². The molecule has 0 radical (unpaired) electrons. The SMILES string of the molecule is CC#CCCC(=O)c1cc(C)c(C)s1. The molecule has 74 valence electrons. The van der Waals surface area contributed by atoms with Gasteiger partial charge in [-0.2, -0.15) is 0 Å². The third kappa shape index (κ3) is 2.71. The van der Waals surface area contributed by atoms with E-state index in [9.17, 15) is 4.79 Å². The first-order chi connectivity index (χ1) is 6.65. The largest absolute Gasteiger partial charge is 0.293 e. The molecule has 0 saturated carbocycles. The van der Waals surface area contributed by atoms with Crippen LogP contribution in [0.5, 0.6) is 0 Å². The van der Waals surface area contributed by atoms with Gasteiger partial charge in [0.1, 0.15) is 0 Å². The fraction of sp³-hybridized carbons (Fsp3) is 0.417. The molecule has 0 saturated heterocycles. The monoisotopic (exact) mass is 206 g/mol. The molecule has 0 unspecified atom stereocenters. The molecule has 2 heteroatoms. The fourth-order valence-corrected chi connectivity index (χ4v) is 2.14. The van der Waals surface area contributed by atoms with Crippen molar-refractivity contribution in [3.63, 3.8) is 0 Å². The first kappa shape index (κ1) is 11.0. The van der Waals surface area contributed by atoms with Crippen molar-refractivity contribution in [2.45, 2.75) is 33.6 Å². The fourth-order valence-electron chi connectivity index (χ4n) is 1.13. The lowest BCUT2D eigenvalue weighted by atomic mass is 10.2. The van der Waals surface area contributed by atoms with E-state index >= 15 is 0 Å². The van der Waals surface area contributed by atoms with E-state index in [1.165, 1.54) is 10.4 Å². The molecule has 14 heavy (non-hydrogen) atoms. The quantitative estimate of drug-likeness (QED) is 0.547. The summed E-state index contributed by atoms with van der Waals surface area (Å²) < 4.78 is 0. The van der Waals surface area contributed by atoms with E-state index < -0.39 is 0 Å². The van der Waals surface area contributed by atoms with Crippen molar-refractivity contribution < 1.29 is 4.79 Å². The number of hydrogen-bond acceptors (Lipinski definition) is 2. The normalized spacial score (nSPS) is 9.36. The molecule has 0 fully saturated rings. The molecule has 0 spiro atoms. The van der Waals surface area contributed by atoms with Gasteiger partial charge >= 0.3 is 0 Å². The molecule has 1 aromatic rings. The maximum absolute atomic E-state index is 11.6. The summed E-state index contributed by atoms with van der Waals surface area (Å²) in [6, 6.07) is 1.97. The summed E-state index contributed by atoms with van der Waals surface area (Å²) >= 11 is 1.58. The molecule has 1 nitrogen and oxygen atoms in total. The van der Waals surface area contributed by atoms with E-state index in [1.54, 1.807) is 18.3 Å². The lowest BCUT2D eigenvalue weighted by molar-refractivity contribution is 0.0988. The highest BCUT2D eigenvalue weighted by Crippen LogP contribution is 2.22. The van der Waals surface area contributed by atoms with E-state index in [0.717, 1.165) is 4.88 Å². The summed E-state index contributed by atoms with van der Waals surface area (Å²) in [6.07, 6.45) is 1.21. The number of ketones is 1. The third-order valence-electron chi connectivity index (χ3n) is 2.09. The topological polar surface area (TPSA) is 17.1 Å². The molecule has 0 amide bonds. The Balaban J connectivity index is 2.64. The van der Waals surface area contributed by atoms with Crippen LogP contribution < -0.4 is 0 Å². The zero-order chi connectivity index (χ0) is 10.6. The van der Waals surface area contributed by atoms with Gasteiger partial charge in [0.2, 0.25) is 0 Å². The Hall–Kier alpha value is -1.07. The molecular weight excluding hydrogens is 192 g/mol. The molecule has 0 aliphatic heterocycles. The highest BCUT2D eigenvalue weighted by atomic mass is 32.1. The van der Waals surface area contributed by atoms with E-state index in [-0.39, 0.29) is 5.78 Å².